The van der Waals surface area contributed by atoms with Crippen LogP contribution >= 0.6 is 0 Å². The predicted molar refractivity (Wildman–Crippen MR) is 255 cm³/mol. The van der Waals surface area contributed by atoms with Crippen molar-refractivity contribution in [2.75, 3.05) is 0 Å². The predicted octanol–water partition coefficient (Wildman–Crippen LogP) is 16.2. The first kappa shape index (κ1) is 35.4. The van der Waals surface area contributed by atoms with Gasteiger partial charge in [-0.1, -0.05) is 187 Å². The van der Waals surface area contributed by atoms with Gasteiger partial charge in [0.05, 0.1) is 0 Å². The van der Waals surface area contributed by atoms with Gasteiger partial charge in [0.25, 0.3) is 0 Å². The zero-order valence-electron chi connectivity index (χ0n) is 35.6. The molecule has 0 bridgehead atoms. The minimum Gasteiger partial charge on any atom is -0.0619 e. The molecule has 9 aromatic rings. The molecule has 0 aromatic heterocycles. The van der Waals surface area contributed by atoms with Crippen molar-refractivity contribution in [2.45, 2.75) is 64.7 Å². The van der Waals surface area contributed by atoms with E-state index in [1.54, 1.807) is 0 Å². The number of benzene rings is 9. The summed E-state index contributed by atoms with van der Waals surface area (Å²) in [4.78, 5) is 0. The fraction of sp³-hybridized carbons (Fsp3) is 0.167. The summed E-state index contributed by atoms with van der Waals surface area (Å²) in [5.41, 5.74) is 25.4. The molecule has 12 rings (SSSR count). The largest absolute Gasteiger partial charge is 0.0619 e. The summed E-state index contributed by atoms with van der Waals surface area (Å²) in [6.07, 6.45) is 0. The van der Waals surface area contributed by atoms with Crippen molar-refractivity contribution in [3.63, 3.8) is 0 Å². The topological polar surface area (TPSA) is 0 Å². The molecule has 3 aliphatic rings. The Bertz CT molecular complexity index is 3350. The minimum absolute atomic E-state index is 0.0242. The molecule has 0 nitrogen and oxygen atoms in total. The lowest BCUT2D eigenvalue weighted by molar-refractivity contribution is 0.659. The Balaban J connectivity index is 0.995. The molecule has 0 heterocycles. The van der Waals surface area contributed by atoms with Crippen LogP contribution in [-0.4, -0.2) is 0 Å². The SMILES string of the molecule is Cc1ccc2c(-c3ccc4c(c3)C(C)(C)c3cc(-c5ccc6c(c5)C(C)(C)c5ccccc5-6)ccc3-4)c3ccccc3c(-c3ccc4c(c3)-c3ccccc3C4(C)C)c2c1. The molecule has 288 valence electrons. The van der Waals surface area contributed by atoms with Gasteiger partial charge >= 0.3 is 0 Å². The van der Waals surface area contributed by atoms with Crippen molar-refractivity contribution in [3.05, 3.63) is 203 Å². The molecule has 0 fully saturated rings. The second-order valence-electron chi connectivity index (χ2n) is 19.4. The van der Waals surface area contributed by atoms with Crippen LogP contribution in [0.3, 0.4) is 0 Å². The maximum Gasteiger partial charge on any atom is 0.0159 e. The summed E-state index contributed by atoms with van der Waals surface area (Å²) in [5.74, 6) is 0. The van der Waals surface area contributed by atoms with Crippen LogP contribution in [0.25, 0.3) is 88.3 Å². The summed E-state index contributed by atoms with van der Waals surface area (Å²) in [7, 11) is 0. The molecule has 0 atom stereocenters. The summed E-state index contributed by atoms with van der Waals surface area (Å²) in [6.45, 7) is 16.5. The molecule has 0 saturated heterocycles. The Morgan fingerprint density at radius 3 is 1.25 bits per heavy atom. The number of aryl methyl sites for hydroxylation is 1. The van der Waals surface area contributed by atoms with Crippen LogP contribution in [0.4, 0.5) is 0 Å². The molecule has 9 aromatic carbocycles. The highest BCUT2D eigenvalue weighted by atomic mass is 14.4. The molecule has 0 radical (unpaired) electrons. The Morgan fingerprint density at radius 1 is 0.267 bits per heavy atom. The van der Waals surface area contributed by atoms with E-state index < -0.39 is 0 Å². The molecule has 0 heteroatoms. The summed E-state index contributed by atoms with van der Waals surface area (Å²) >= 11 is 0. The molecule has 0 unspecified atom stereocenters. The second kappa shape index (κ2) is 12.0. The molecule has 0 spiro atoms. The van der Waals surface area contributed by atoms with E-state index in [1.165, 1.54) is 127 Å². The lowest BCUT2D eigenvalue weighted by atomic mass is 9.79. The zero-order valence-corrected chi connectivity index (χ0v) is 35.6. The van der Waals surface area contributed by atoms with Gasteiger partial charge in [0.15, 0.2) is 0 Å². The highest BCUT2D eigenvalue weighted by Crippen LogP contribution is 2.55. The van der Waals surface area contributed by atoms with Crippen molar-refractivity contribution in [3.8, 4) is 66.8 Å². The van der Waals surface area contributed by atoms with E-state index in [2.05, 4.69) is 212 Å². The van der Waals surface area contributed by atoms with Crippen LogP contribution in [0.2, 0.25) is 0 Å². The van der Waals surface area contributed by atoms with Gasteiger partial charge < -0.3 is 0 Å². The van der Waals surface area contributed by atoms with E-state index in [0.29, 0.717) is 0 Å². The smallest absolute Gasteiger partial charge is 0.0159 e. The Labute approximate surface area is 354 Å². The third-order valence-electron chi connectivity index (χ3n) is 14.9. The second-order valence-corrected chi connectivity index (χ2v) is 19.4. The maximum absolute atomic E-state index is 2.51. The third kappa shape index (κ3) is 4.68. The van der Waals surface area contributed by atoms with Gasteiger partial charge in [-0.3, -0.25) is 0 Å². The summed E-state index contributed by atoms with van der Waals surface area (Å²) in [5, 5.41) is 5.20. The highest BCUT2D eigenvalue weighted by molar-refractivity contribution is 6.22. The summed E-state index contributed by atoms with van der Waals surface area (Å²) < 4.78 is 0. The Hall–Kier alpha value is -6.50. The van der Waals surface area contributed by atoms with Crippen LogP contribution in [0.5, 0.6) is 0 Å². The highest BCUT2D eigenvalue weighted by Gasteiger charge is 2.39. The van der Waals surface area contributed by atoms with Gasteiger partial charge in [-0.05, 0) is 153 Å². The quantitative estimate of drug-likeness (QED) is 0.157. The van der Waals surface area contributed by atoms with Crippen molar-refractivity contribution in [2.24, 2.45) is 0 Å². The van der Waals surface area contributed by atoms with Gasteiger partial charge in [0.1, 0.15) is 0 Å². The van der Waals surface area contributed by atoms with Crippen LogP contribution < -0.4 is 0 Å². The first-order chi connectivity index (χ1) is 28.9. The van der Waals surface area contributed by atoms with Gasteiger partial charge in [0.2, 0.25) is 0 Å². The van der Waals surface area contributed by atoms with E-state index in [0.717, 1.165) is 0 Å². The van der Waals surface area contributed by atoms with Gasteiger partial charge in [-0.25, -0.2) is 0 Å². The third-order valence-corrected chi connectivity index (χ3v) is 14.9. The summed E-state index contributed by atoms with van der Waals surface area (Å²) in [6, 6.07) is 62.9. The molecule has 0 saturated carbocycles. The monoisotopic (exact) mass is 768 g/mol. The zero-order chi connectivity index (χ0) is 40.9. The van der Waals surface area contributed by atoms with Crippen molar-refractivity contribution in [1.82, 2.24) is 0 Å². The average molecular weight is 769 g/mol. The van der Waals surface area contributed by atoms with Crippen molar-refractivity contribution in [1.29, 1.82) is 0 Å². The first-order valence-electron chi connectivity index (χ1n) is 21.7. The van der Waals surface area contributed by atoms with Gasteiger partial charge in [-0.15, -0.1) is 0 Å². The van der Waals surface area contributed by atoms with Crippen LogP contribution in [0.15, 0.2) is 164 Å². The average Bonchev–Trinajstić information content (AvgIpc) is 3.74. The fourth-order valence-electron chi connectivity index (χ4n) is 11.7. The van der Waals surface area contributed by atoms with E-state index in [4.69, 9.17) is 0 Å². The maximum atomic E-state index is 2.51. The lowest BCUT2D eigenvalue weighted by Crippen LogP contribution is -2.15. The molecule has 0 aliphatic heterocycles. The normalized spacial score (nSPS) is 15.7. The number of hydrogen-bond donors (Lipinski definition) is 0. The minimum atomic E-state index is -0.167. The van der Waals surface area contributed by atoms with Crippen LogP contribution in [0, 0.1) is 6.92 Å². The number of fused-ring (bicyclic) bond motifs is 11. The van der Waals surface area contributed by atoms with Gasteiger partial charge in [-0.2, -0.15) is 0 Å². The molecule has 3 aliphatic carbocycles. The molecule has 0 N–H and O–H groups in total. The molecular formula is C60H48. The van der Waals surface area contributed by atoms with Crippen molar-refractivity contribution < 1.29 is 0 Å². The molecular weight excluding hydrogens is 721 g/mol. The standard InChI is InChI=1S/C60H48/c1-35-20-25-47-49(30-35)57(38-24-29-52-48(31-38)41-15-11-13-19-51(41)58(52,2)3)46-17-9-8-16-45(46)56(47)39-23-28-44-43-27-22-37(33-54(43)60(6,7)55(44)34-39)36-21-26-42-40-14-10-12-18-50(40)59(4,5)53(42)32-36/h8-34H,1-7H3. The number of hydrogen-bond acceptors (Lipinski definition) is 0. The molecule has 60 heavy (non-hydrogen) atoms. The van der Waals surface area contributed by atoms with Crippen LogP contribution in [-0.2, 0) is 16.2 Å². The van der Waals surface area contributed by atoms with Crippen LogP contribution in [0.1, 0.15) is 80.5 Å². The van der Waals surface area contributed by atoms with Gasteiger partial charge in [0, 0.05) is 16.2 Å². The lowest BCUT2D eigenvalue weighted by Gasteiger charge is -2.24. The fourth-order valence-corrected chi connectivity index (χ4v) is 11.7. The Morgan fingerprint density at radius 2 is 0.650 bits per heavy atom. The number of rotatable bonds is 3. The van der Waals surface area contributed by atoms with E-state index in [9.17, 15) is 0 Å². The molecule has 0 amide bonds. The van der Waals surface area contributed by atoms with Crippen molar-refractivity contribution >= 4 is 21.5 Å². The Kier molecular flexibility index (Phi) is 7.12. The van der Waals surface area contributed by atoms with E-state index in [-0.39, 0.29) is 16.2 Å². The first-order valence-corrected chi connectivity index (χ1v) is 21.7. The van der Waals surface area contributed by atoms with E-state index in [1.807, 2.05) is 0 Å². The van der Waals surface area contributed by atoms with E-state index >= 15 is 0 Å².